The molecule has 2 aliphatic rings. The first-order valence-electron chi connectivity index (χ1n) is 8.12. The van der Waals surface area contributed by atoms with Crippen LogP contribution in [0.1, 0.15) is 59.3 Å². The molecule has 1 fully saturated rings. The molecule has 0 aromatic heterocycles. The van der Waals surface area contributed by atoms with E-state index in [-0.39, 0.29) is 0 Å². The van der Waals surface area contributed by atoms with Crippen LogP contribution in [-0.2, 0) is 0 Å². The lowest BCUT2D eigenvalue weighted by Gasteiger charge is -2.28. The fourth-order valence-corrected chi connectivity index (χ4v) is 4.50. The number of nitrogens with one attached hydrogen (secondary N) is 1. The summed E-state index contributed by atoms with van der Waals surface area (Å²) in [4.78, 5) is 4.65. The lowest BCUT2D eigenvalue weighted by molar-refractivity contribution is 0.269. The largest absolute Gasteiger partial charge is 0.365 e. The van der Waals surface area contributed by atoms with Crippen molar-refractivity contribution in [2.75, 3.05) is 13.1 Å². The van der Waals surface area contributed by atoms with E-state index < -0.39 is 0 Å². The molecule has 1 heterocycles. The third kappa shape index (κ3) is 5.02. The van der Waals surface area contributed by atoms with Gasteiger partial charge in [0.1, 0.15) is 0 Å². The molecule has 0 aromatic rings. The Bertz CT molecular complexity index is 293. The second kappa shape index (κ2) is 7.56. The zero-order chi connectivity index (χ0) is 13.7. The molecule has 0 radical (unpaired) electrons. The topological polar surface area (TPSA) is 24.4 Å². The van der Waals surface area contributed by atoms with Crippen molar-refractivity contribution < 1.29 is 0 Å². The van der Waals surface area contributed by atoms with E-state index >= 15 is 0 Å². The van der Waals surface area contributed by atoms with Gasteiger partial charge >= 0.3 is 0 Å². The van der Waals surface area contributed by atoms with Crippen LogP contribution in [-0.4, -0.2) is 23.5 Å². The lowest BCUT2D eigenvalue weighted by atomic mass is 9.81. The van der Waals surface area contributed by atoms with Crippen molar-refractivity contribution in [2.24, 2.45) is 22.7 Å². The van der Waals surface area contributed by atoms with E-state index in [1.165, 1.54) is 43.7 Å². The van der Waals surface area contributed by atoms with Crippen LogP contribution in [0.5, 0.6) is 0 Å². The minimum atomic E-state index is 0.721. The Morgan fingerprint density at radius 3 is 2.53 bits per heavy atom. The molecule has 0 bridgehead atoms. The van der Waals surface area contributed by atoms with Gasteiger partial charge in [-0.05, 0) is 37.0 Å². The highest BCUT2D eigenvalue weighted by atomic mass is 32.2. The second-order valence-electron chi connectivity index (χ2n) is 6.69. The number of nitrogens with zero attached hydrogens (tertiary/aromatic N) is 1. The molecule has 1 aliphatic heterocycles. The molecule has 2 nitrogen and oxygen atoms in total. The van der Waals surface area contributed by atoms with Gasteiger partial charge in [-0.2, -0.15) is 0 Å². The number of thioether (sulfide) groups is 1. The average Bonchev–Trinajstić information content (AvgIpc) is 2.84. The summed E-state index contributed by atoms with van der Waals surface area (Å²) in [6, 6.07) is 0. The van der Waals surface area contributed by atoms with Crippen molar-refractivity contribution in [3.8, 4) is 0 Å². The summed E-state index contributed by atoms with van der Waals surface area (Å²) in [6.45, 7) is 9.11. The van der Waals surface area contributed by atoms with Gasteiger partial charge in [0.2, 0.25) is 0 Å². The molecule has 110 valence electrons. The van der Waals surface area contributed by atoms with E-state index in [2.05, 4.69) is 31.1 Å². The van der Waals surface area contributed by atoms with Crippen molar-refractivity contribution in [2.45, 2.75) is 64.5 Å². The minimum Gasteiger partial charge on any atom is -0.365 e. The SMILES string of the molecule is CCC1CCC(CNC2=NCC(CC(C)C)S2)CC1. The molecule has 3 heteroatoms. The van der Waals surface area contributed by atoms with Gasteiger partial charge in [-0.25, -0.2) is 0 Å². The van der Waals surface area contributed by atoms with Crippen molar-refractivity contribution in [3.63, 3.8) is 0 Å². The third-order valence-electron chi connectivity index (χ3n) is 4.54. The van der Waals surface area contributed by atoms with Gasteiger partial charge in [-0.15, -0.1) is 0 Å². The van der Waals surface area contributed by atoms with Crippen LogP contribution in [0.4, 0.5) is 0 Å². The summed E-state index contributed by atoms with van der Waals surface area (Å²) in [6.07, 6.45) is 8.38. The molecular formula is C16H30N2S. The van der Waals surface area contributed by atoms with Crippen LogP contribution in [0, 0.1) is 17.8 Å². The van der Waals surface area contributed by atoms with Gasteiger partial charge in [0, 0.05) is 11.8 Å². The maximum Gasteiger partial charge on any atom is 0.156 e. The Morgan fingerprint density at radius 1 is 1.21 bits per heavy atom. The molecule has 1 N–H and O–H groups in total. The maximum absolute atomic E-state index is 4.65. The molecule has 0 aromatic carbocycles. The molecule has 1 saturated carbocycles. The van der Waals surface area contributed by atoms with Gasteiger partial charge < -0.3 is 5.32 Å². The zero-order valence-electron chi connectivity index (χ0n) is 12.8. The van der Waals surface area contributed by atoms with Gasteiger partial charge in [-0.1, -0.05) is 51.8 Å². The van der Waals surface area contributed by atoms with E-state index in [0.29, 0.717) is 0 Å². The first-order valence-corrected chi connectivity index (χ1v) is 9.00. The number of aliphatic imine (C=N–C) groups is 1. The third-order valence-corrected chi connectivity index (χ3v) is 5.71. The first-order chi connectivity index (χ1) is 9.17. The minimum absolute atomic E-state index is 0.721. The van der Waals surface area contributed by atoms with Crippen molar-refractivity contribution in [1.29, 1.82) is 0 Å². The van der Waals surface area contributed by atoms with Crippen LogP contribution in [0.15, 0.2) is 4.99 Å². The van der Waals surface area contributed by atoms with Crippen LogP contribution >= 0.6 is 11.8 Å². The van der Waals surface area contributed by atoms with Crippen molar-refractivity contribution in [1.82, 2.24) is 5.32 Å². The quantitative estimate of drug-likeness (QED) is 0.812. The van der Waals surface area contributed by atoms with E-state index in [4.69, 9.17) is 0 Å². The van der Waals surface area contributed by atoms with Crippen LogP contribution < -0.4 is 5.32 Å². The highest BCUT2D eigenvalue weighted by molar-refractivity contribution is 8.14. The van der Waals surface area contributed by atoms with E-state index in [1.807, 2.05) is 11.8 Å². The number of rotatable bonds is 5. The second-order valence-corrected chi connectivity index (χ2v) is 7.98. The van der Waals surface area contributed by atoms with Gasteiger partial charge in [0.05, 0.1) is 6.54 Å². The first kappa shape index (κ1) is 15.2. The highest BCUT2D eigenvalue weighted by Crippen LogP contribution is 2.31. The molecule has 0 saturated heterocycles. The van der Waals surface area contributed by atoms with E-state index in [9.17, 15) is 0 Å². The van der Waals surface area contributed by atoms with Gasteiger partial charge in [0.25, 0.3) is 0 Å². The maximum atomic E-state index is 4.65. The van der Waals surface area contributed by atoms with Crippen LogP contribution in [0.2, 0.25) is 0 Å². The molecule has 1 aliphatic carbocycles. The Kier molecular flexibility index (Phi) is 6.06. The van der Waals surface area contributed by atoms with Crippen molar-refractivity contribution >= 4 is 16.9 Å². The standard InChI is InChI=1S/C16H30N2S/c1-4-13-5-7-14(8-6-13)10-17-16-18-11-15(19-16)9-12(2)3/h12-15H,4-11H2,1-3H3,(H,17,18). The highest BCUT2D eigenvalue weighted by Gasteiger charge is 2.23. The molecule has 1 unspecified atom stereocenters. The van der Waals surface area contributed by atoms with E-state index in [1.54, 1.807) is 0 Å². The summed E-state index contributed by atoms with van der Waals surface area (Å²) in [5, 5.41) is 5.53. The van der Waals surface area contributed by atoms with Crippen LogP contribution in [0.3, 0.4) is 0 Å². The fourth-order valence-electron chi connectivity index (χ4n) is 3.24. The Balaban J connectivity index is 1.62. The molecule has 19 heavy (non-hydrogen) atoms. The molecule has 2 rings (SSSR count). The Labute approximate surface area is 123 Å². The normalized spacial score (nSPS) is 31.6. The summed E-state index contributed by atoms with van der Waals surface area (Å²) in [5.41, 5.74) is 0. The lowest BCUT2D eigenvalue weighted by Crippen LogP contribution is -2.29. The summed E-state index contributed by atoms with van der Waals surface area (Å²) < 4.78 is 0. The Hall–Kier alpha value is -0.180. The monoisotopic (exact) mass is 282 g/mol. The molecule has 0 spiro atoms. The molecule has 1 atom stereocenters. The van der Waals surface area contributed by atoms with Crippen LogP contribution in [0.25, 0.3) is 0 Å². The number of hydrogen-bond donors (Lipinski definition) is 1. The Morgan fingerprint density at radius 2 is 1.89 bits per heavy atom. The smallest absolute Gasteiger partial charge is 0.156 e. The summed E-state index contributed by atoms with van der Waals surface area (Å²) in [5.74, 6) is 2.68. The average molecular weight is 282 g/mol. The summed E-state index contributed by atoms with van der Waals surface area (Å²) >= 11 is 1.97. The molecular weight excluding hydrogens is 252 g/mol. The summed E-state index contributed by atoms with van der Waals surface area (Å²) in [7, 11) is 0. The predicted molar refractivity (Wildman–Crippen MR) is 86.9 cm³/mol. The van der Waals surface area contributed by atoms with Crippen molar-refractivity contribution in [3.05, 3.63) is 0 Å². The fraction of sp³-hybridized carbons (Fsp3) is 0.938. The molecule has 0 amide bonds. The number of hydrogen-bond acceptors (Lipinski definition) is 3. The van der Waals surface area contributed by atoms with Gasteiger partial charge in [-0.3, -0.25) is 4.99 Å². The zero-order valence-corrected chi connectivity index (χ0v) is 13.6. The number of amidine groups is 1. The predicted octanol–water partition coefficient (Wildman–Crippen LogP) is 4.31. The van der Waals surface area contributed by atoms with E-state index in [0.717, 1.165) is 36.1 Å². The van der Waals surface area contributed by atoms with Gasteiger partial charge in [0.15, 0.2) is 5.17 Å².